The van der Waals surface area contributed by atoms with E-state index in [0.29, 0.717) is 23.8 Å². The summed E-state index contributed by atoms with van der Waals surface area (Å²) in [5, 5.41) is 6.74. The van der Waals surface area contributed by atoms with Crippen LogP contribution in [-0.2, 0) is 22.6 Å². The Balaban J connectivity index is 1.56. The Morgan fingerprint density at radius 2 is 1.76 bits per heavy atom. The van der Waals surface area contributed by atoms with Crippen LogP contribution < -0.4 is 20.2 Å². The SMILES string of the molecule is CCc1ccccc1NC(=O)CC(=O)NN=Cc1cc(I)c(OCc2ccccc2)c(OC)c1. The minimum absolute atomic E-state index is 0.331. The van der Waals surface area contributed by atoms with Crippen molar-refractivity contribution in [2.24, 2.45) is 5.10 Å². The lowest BCUT2D eigenvalue weighted by atomic mass is 10.1. The number of hydrazone groups is 1. The molecule has 0 heterocycles. The van der Waals surface area contributed by atoms with E-state index in [0.717, 1.165) is 26.7 Å². The van der Waals surface area contributed by atoms with Crippen LogP contribution in [0.4, 0.5) is 5.69 Å². The Bertz CT molecular complexity index is 1170. The molecule has 0 aliphatic rings. The summed E-state index contributed by atoms with van der Waals surface area (Å²) in [7, 11) is 1.57. The van der Waals surface area contributed by atoms with Gasteiger partial charge in [-0.05, 0) is 63.9 Å². The Morgan fingerprint density at radius 1 is 1.03 bits per heavy atom. The summed E-state index contributed by atoms with van der Waals surface area (Å²) in [5.41, 5.74) is 5.88. The highest BCUT2D eigenvalue weighted by molar-refractivity contribution is 14.1. The van der Waals surface area contributed by atoms with E-state index in [1.165, 1.54) is 6.21 Å². The largest absolute Gasteiger partial charge is 0.493 e. The van der Waals surface area contributed by atoms with Gasteiger partial charge in [-0.25, -0.2) is 5.43 Å². The quantitative estimate of drug-likeness (QED) is 0.157. The van der Waals surface area contributed by atoms with E-state index in [1.807, 2.05) is 67.6 Å². The Morgan fingerprint density at radius 3 is 2.50 bits per heavy atom. The fourth-order valence-corrected chi connectivity index (χ4v) is 3.97. The lowest BCUT2D eigenvalue weighted by Gasteiger charge is -2.13. The van der Waals surface area contributed by atoms with Gasteiger partial charge in [0.2, 0.25) is 11.8 Å². The number of rotatable bonds is 10. The van der Waals surface area contributed by atoms with Crippen molar-refractivity contribution in [2.75, 3.05) is 12.4 Å². The predicted octanol–water partition coefficient (Wildman–Crippen LogP) is 4.92. The minimum atomic E-state index is -0.507. The van der Waals surface area contributed by atoms with E-state index in [9.17, 15) is 9.59 Å². The summed E-state index contributed by atoms with van der Waals surface area (Å²) in [6.45, 7) is 2.42. The van der Waals surface area contributed by atoms with Crippen molar-refractivity contribution in [2.45, 2.75) is 26.4 Å². The number of hydrogen-bond donors (Lipinski definition) is 2. The molecule has 176 valence electrons. The Labute approximate surface area is 212 Å². The van der Waals surface area contributed by atoms with Crippen LogP contribution in [0.5, 0.6) is 11.5 Å². The molecule has 3 aromatic carbocycles. The van der Waals surface area contributed by atoms with Gasteiger partial charge in [0.1, 0.15) is 13.0 Å². The number of nitrogens with one attached hydrogen (secondary N) is 2. The van der Waals surface area contributed by atoms with E-state index >= 15 is 0 Å². The fraction of sp³-hybridized carbons (Fsp3) is 0.192. The van der Waals surface area contributed by atoms with Gasteiger partial charge in [0.25, 0.3) is 0 Å². The van der Waals surface area contributed by atoms with Crippen LogP contribution in [0.15, 0.2) is 71.8 Å². The first-order valence-electron chi connectivity index (χ1n) is 10.7. The normalized spacial score (nSPS) is 10.7. The molecular formula is C26H26IN3O4. The molecule has 0 bridgehead atoms. The first-order valence-corrected chi connectivity index (χ1v) is 11.8. The van der Waals surface area contributed by atoms with Gasteiger partial charge in [0.05, 0.1) is 16.9 Å². The molecule has 0 atom stereocenters. The van der Waals surface area contributed by atoms with Crippen LogP contribution in [0, 0.1) is 3.57 Å². The van der Waals surface area contributed by atoms with Crippen LogP contribution in [-0.4, -0.2) is 25.1 Å². The van der Waals surface area contributed by atoms with Crippen LogP contribution >= 0.6 is 22.6 Å². The molecule has 2 amide bonds. The smallest absolute Gasteiger partial charge is 0.249 e. The fourth-order valence-electron chi connectivity index (χ4n) is 3.19. The Kier molecular flexibility index (Phi) is 9.45. The molecule has 0 aliphatic heterocycles. The summed E-state index contributed by atoms with van der Waals surface area (Å²) in [6.07, 6.45) is 1.95. The molecule has 0 unspecified atom stereocenters. The van der Waals surface area contributed by atoms with Gasteiger partial charge in [-0.1, -0.05) is 55.5 Å². The lowest BCUT2D eigenvalue weighted by Crippen LogP contribution is -2.25. The van der Waals surface area contributed by atoms with Crippen molar-refractivity contribution in [3.05, 3.63) is 87.0 Å². The maximum absolute atomic E-state index is 12.2. The van der Waals surface area contributed by atoms with Crippen molar-refractivity contribution in [1.82, 2.24) is 5.43 Å². The summed E-state index contributed by atoms with van der Waals surface area (Å²) < 4.78 is 12.3. The average Bonchev–Trinajstić information content (AvgIpc) is 2.84. The van der Waals surface area contributed by atoms with Crippen molar-refractivity contribution < 1.29 is 19.1 Å². The maximum atomic E-state index is 12.2. The van der Waals surface area contributed by atoms with Crippen molar-refractivity contribution in [3.8, 4) is 11.5 Å². The number of hydrogen-bond acceptors (Lipinski definition) is 5. The molecule has 0 spiro atoms. The Hall–Kier alpha value is -3.40. The van der Waals surface area contributed by atoms with E-state index in [-0.39, 0.29) is 6.42 Å². The third kappa shape index (κ3) is 7.31. The second-order valence-electron chi connectivity index (χ2n) is 7.34. The highest BCUT2D eigenvalue weighted by atomic mass is 127. The number of benzene rings is 3. The van der Waals surface area contributed by atoms with Gasteiger partial charge in [0, 0.05) is 5.69 Å². The topological polar surface area (TPSA) is 89.0 Å². The van der Waals surface area contributed by atoms with Gasteiger partial charge >= 0.3 is 0 Å². The van der Waals surface area contributed by atoms with Crippen LogP contribution in [0.3, 0.4) is 0 Å². The molecule has 0 aliphatic carbocycles. The standard InChI is InChI=1S/C26H26IN3O4/c1-3-20-11-7-8-12-22(20)29-24(31)15-25(32)30-28-16-19-13-21(27)26(23(14-19)33-2)34-17-18-9-5-4-6-10-18/h4-14,16H,3,15,17H2,1-2H3,(H,29,31)(H,30,32). The van der Waals surface area contributed by atoms with Crippen molar-refractivity contribution >= 4 is 46.3 Å². The zero-order valence-electron chi connectivity index (χ0n) is 19.0. The van der Waals surface area contributed by atoms with Gasteiger partial charge in [-0.3, -0.25) is 9.59 Å². The third-order valence-electron chi connectivity index (χ3n) is 4.87. The van der Waals surface area contributed by atoms with E-state index < -0.39 is 11.8 Å². The van der Waals surface area contributed by atoms with Crippen LogP contribution in [0.2, 0.25) is 0 Å². The second kappa shape index (κ2) is 12.7. The van der Waals surface area contributed by atoms with Crippen LogP contribution in [0.25, 0.3) is 0 Å². The number of ether oxygens (including phenoxy) is 2. The summed E-state index contributed by atoms with van der Waals surface area (Å²) in [4.78, 5) is 24.3. The molecule has 3 aromatic rings. The molecule has 34 heavy (non-hydrogen) atoms. The molecule has 8 heteroatoms. The number of carbonyl (C=O) groups excluding carboxylic acids is 2. The number of anilines is 1. The number of aryl methyl sites for hydroxylation is 1. The summed E-state index contributed by atoms with van der Waals surface area (Å²) >= 11 is 2.17. The first-order chi connectivity index (χ1) is 16.5. The van der Waals surface area contributed by atoms with E-state index in [4.69, 9.17) is 9.47 Å². The monoisotopic (exact) mass is 571 g/mol. The molecule has 0 saturated heterocycles. The molecular weight excluding hydrogens is 545 g/mol. The maximum Gasteiger partial charge on any atom is 0.249 e. The summed E-state index contributed by atoms with van der Waals surface area (Å²) in [6, 6.07) is 21.0. The van der Waals surface area contributed by atoms with Gasteiger partial charge in [-0.2, -0.15) is 5.10 Å². The number of amides is 2. The molecule has 3 rings (SSSR count). The lowest BCUT2D eigenvalue weighted by molar-refractivity contribution is -0.126. The molecule has 2 N–H and O–H groups in total. The van der Waals surface area contributed by atoms with E-state index in [2.05, 4.69) is 38.4 Å². The number of carbonyl (C=O) groups is 2. The average molecular weight is 571 g/mol. The summed E-state index contributed by atoms with van der Waals surface area (Å²) in [5.74, 6) is 0.290. The zero-order chi connectivity index (χ0) is 24.3. The van der Waals surface area contributed by atoms with Gasteiger partial charge < -0.3 is 14.8 Å². The van der Waals surface area contributed by atoms with Gasteiger partial charge in [0.15, 0.2) is 11.5 Å². The van der Waals surface area contributed by atoms with E-state index in [1.54, 1.807) is 13.2 Å². The van der Waals surface area contributed by atoms with Crippen molar-refractivity contribution in [3.63, 3.8) is 0 Å². The molecule has 0 saturated carbocycles. The van der Waals surface area contributed by atoms with Gasteiger partial charge in [-0.15, -0.1) is 0 Å². The number of para-hydroxylation sites is 1. The number of nitrogens with zero attached hydrogens (tertiary/aromatic N) is 1. The highest BCUT2D eigenvalue weighted by Gasteiger charge is 2.13. The molecule has 7 nitrogen and oxygen atoms in total. The number of halogens is 1. The third-order valence-corrected chi connectivity index (χ3v) is 5.68. The number of methoxy groups -OCH3 is 1. The second-order valence-corrected chi connectivity index (χ2v) is 8.50. The molecule has 0 radical (unpaired) electrons. The molecule has 0 aromatic heterocycles. The minimum Gasteiger partial charge on any atom is -0.493 e. The van der Waals surface area contributed by atoms with Crippen LogP contribution in [0.1, 0.15) is 30.0 Å². The highest BCUT2D eigenvalue weighted by Crippen LogP contribution is 2.34. The predicted molar refractivity (Wildman–Crippen MR) is 141 cm³/mol. The first kappa shape index (κ1) is 25.2. The van der Waals surface area contributed by atoms with Crippen molar-refractivity contribution in [1.29, 1.82) is 0 Å². The molecule has 0 fully saturated rings. The zero-order valence-corrected chi connectivity index (χ0v) is 21.2.